The quantitative estimate of drug-likeness (QED) is 0.907. The second-order valence-electron chi connectivity index (χ2n) is 6.39. The maximum absolute atomic E-state index is 9.71. The number of rotatable bonds is 2. The highest BCUT2D eigenvalue weighted by molar-refractivity contribution is 5.85. The summed E-state index contributed by atoms with van der Waals surface area (Å²) in [5.74, 6) is 0.943. The Hall–Kier alpha value is -2.42. The van der Waals surface area contributed by atoms with Gasteiger partial charge >= 0.3 is 0 Å². The summed E-state index contributed by atoms with van der Waals surface area (Å²) in [4.78, 5) is 2.08. The Morgan fingerprint density at radius 1 is 1.00 bits per heavy atom. The van der Waals surface area contributed by atoms with E-state index in [2.05, 4.69) is 35.2 Å². The molecule has 2 aromatic carbocycles. The Morgan fingerprint density at radius 3 is 2.32 bits per heavy atom. The molecule has 0 radical (unpaired) electrons. The molecule has 0 atom stereocenters. The second kappa shape index (κ2) is 5.09. The molecule has 0 saturated heterocycles. The van der Waals surface area contributed by atoms with E-state index in [1.165, 1.54) is 5.69 Å². The van der Waals surface area contributed by atoms with Crippen molar-refractivity contribution in [2.24, 2.45) is 0 Å². The van der Waals surface area contributed by atoms with Gasteiger partial charge in [-0.15, -0.1) is 0 Å². The Bertz CT molecular complexity index is 728. The molecule has 0 aliphatic carbocycles. The molecule has 2 aromatic rings. The van der Waals surface area contributed by atoms with Crippen LogP contribution in [0, 0.1) is 0 Å². The summed E-state index contributed by atoms with van der Waals surface area (Å²) in [6, 6.07) is 13.8. The minimum atomic E-state index is -0.406. The summed E-state index contributed by atoms with van der Waals surface area (Å²) in [6.45, 7) is 4.04. The molecule has 1 heterocycles. The number of anilines is 1. The third-order valence-corrected chi connectivity index (χ3v) is 3.82. The number of fused-ring (bicyclic) bond motifs is 1. The molecule has 0 spiro atoms. The molecule has 0 saturated carbocycles. The van der Waals surface area contributed by atoms with Crippen LogP contribution in [0.2, 0.25) is 0 Å². The van der Waals surface area contributed by atoms with Crippen LogP contribution in [0.3, 0.4) is 0 Å². The van der Waals surface area contributed by atoms with E-state index in [1.54, 1.807) is 12.1 Å². The fraction of sp³-hybridized carbons (Fsp3) is 0.263. The number of phenols is 1. The molecule has 0 amide bonds. The van der Waals surface area contributed by atoms with Gasteiger partial charge in [-0.25, -0.2) is 0 Å². The lowest BCUT2D eigenvalue weighted by atomic mass is 9.90. The predicted octanol–water partition coefficient (Wildman–Crippen LogP) is 4.06. The van der Waals surface area contributed by atoms with Gasteiger partial charge in [0.1, 0.15) is 17.1 Å². The zero-order valence-electron chi connectivity index (χ0n) is 13.4. The Labute approximate surface area is 131 Å². The molecule has 1 N–H and O–H groups in total. The Balaban J connectivity index is 2.10. The van der Waals surface area contributed by atoms with Crippen molar-refractivity contribution in [3.63, 3.8) is 0 Å². The van der Waals surface area contributed by atoms with Gasteiger partial charge in [0.25, 0.3) is 0 Å². The molecule has 0 unspecified atom stereocenters. The molecule has 22 heavy (non-hydrogen) atoms. The van der Waals surface area contributed by atoms with Crippen LogP contribution in [0.15, 0.2) is 48.5 Å². The number of benzene rings is 2. The van der Waals surface area contributed by atoms with Crippen LogP contribution in [0.25, 0.3) is 5.57 Å². The van der Waals surface area contributed by atoms with Gasteiger partial charge in [-0.3, -0.25) is 0 Å². The van der Waals surface area contributed by atoms with E-state index < -0.39 is 5.60 Å². The normalized spacial score (nSPS) is 15.5. The summed E-state index contributed by atoms with van der Waals surface area (Å²) < 4.78 is 5.97. The molecular weight excluding hydrogens is 274 g/mol. The van der Waals surface area contributed by atoms with E-state index in [9.17, 15) is 5.11 Å². The van der Waals surface area contributed by atoms with Crippen molar-refractivity contribution in [3.8, 4) is 11.5 Å². The van der Waals surface area contributed by atoms with Crippen molar-refractivity contribution in [1.29, 1.82) is 0 Å². The number of aromatic hydroxyl groups is 1. The molecular formula is C19H21NO2. The van der Waals surface area contributed by atoms with Gasteiger partial charge in [0, 0.05) is 31.4 Å². The van der Waals surface area contributed by atoms with Crippen LogP contribution in [0.4, 0.5) is 5.69 Å². The highest BCUT2D eigenvalue weighted by Gasteiger charge is 2.27. The van der Waals surface area contributed by atoms with Crippen LogP contribution in [-0.2, 0) is 0 Å². The second-order valence-corrected chi connectivity index (χ2v) is 6.39. The van der Waals surface area contributed by atoms with Crippen molar-refractivity contribution in [1.82, 2.24) is 0 Å². The van der Waals surface area contributed by atoms with Crippen LogP contribution < -0.4 is 9.64 Å². The van der Waals surface area contributed by atoms with Gasteiger partial charge in [-0.1, -0.05) is 12.1 Å². The van der Waals surface area contributed by atoms with Crippen molar-refractivity contribution in [2.45, 2.75) is 19.4 Å². The molecule has 1 aliphatic rings. The van der Waals surface area contributed by atoms with Gasteiger partial charge < -0.3 is 14.7 Å². The molecule has 114 valence electrons. The molecule has 3 rings (SSSR count). The maximum Gasteiger partial charge on any atom is 0.132 e. The zero-order valence-corrected chi connectivity index (χ0v) is 13.4. The molecule has 3 nitrogen and oxygen atoms in total. The first kappa shape index (κ1) is 14.5. The number of phenolic OH excluding ortho intramolecular Hbond substituents is 1. The SMILES string of the molecule is CN(C)c1ccc(C2=CC(C)(C)Oc3cc(O)ccc32)cc1. The van der Waals surface area contributed by atoms with Gasteiger partial charge in [0.2, 0.25) is 0 Å². The third-order valence-electron chi connectivity index (χ3n) is 3.82. The number of hydrogen-bond donors (Lipinski definition) is 1. The van der Waals surface area contributed by atoms with E-state index >= 15 is 0 Å². The fourth-order valence-corrected chi connectivity index (χ4v) is 2.73. The van der Waals surface area contributed by atoms with E-state index in [1.807, 2.05) is 34.0 Å². The summed E-state index contributed by atoms with van der Waals surface area (Å²) in [7, 11) is 4.06. The molecule has 0 bridgehead atoms. The summed E-state index contributed by atoms with van der Waals surface area (Å²) >= 11 is 0. The Morgan fingerprint density at radius 2 is 1.68 bits per heavy atom. The summed E-state index contributed by atoms with van der Waals surface area (Å²) in [5, 5.41) is 9.71. The van der Waals surface area contributed by atoms with E-state index in [4.69, 9.17) is 4.74 Å². The lowest BCUT2D eigenvalue weighted by molar-refractivity contribution is 0.157. The van der Waals surface area contributed by atoms with Gasteiger partial charge in [0.05, 0.1) is 0 Å². The molecule has 3 heteroatoms. The van der Waals surface area contributed by atoms with E-state index in [0.717, 1.165) is 22.4 Å². The predicted molar refractivity (Wildman–Crippen MR) is 90.7 cm³/mol. The van der Waals surface area contributed by atoms with Gasteiger partial charge in [-0.2, -0.15) is 0 Å². The average Bonchev–Trinajstić information content (AvgIpc) is 2.45. The van der Waals surface area contributed by atoms with Gasteiger partial charge in [-0.05, 0) is 55.3 Å². The van der Waals surface area contributed by atoms with Crippen molar-refractivity contribution in [2.75, 3.05) is 19.0 Å². The van der Waals surface area contributed by atoms with Crippen LogP contribution in [0.1, 0.15) is 25.0 Å². The minimum Gasteiger partial charge on any atom is -0.508 e. The largest absolute Gasteiger partial charge is 0.508 e. The minimum absolute atomic E-state index is 0.221. The molecule has 0 fully saturated rings. The number of nitrogens with zero attached hydrogens (tertiary/aromatic N) is 1. The van der Waals surface area contributed by atoms with Crippen LogP contribution >= 0.6 is 0 Å². The summed E-state index contributed by atoms with van der Waals surface area (Å²) in [5.41, 5.74) is 4.05. The zero-order chi connectivity index (χ0) is 15.9. The summed E-state index contributed by atoms with van der Waals surface area (Å²) in [6.07, 6.45) is 2.14. The highest BCUT2D eigenvalue weighted by Crippen LogP contribution is 2.41. The first-order valence-electron chi connectivity index (χ1n) is 7.39. The fourth-order valence-electron chi connectivity index (χ4n) is 2.73. The van der Waals surface area contributed by atoms with Crippen molar-refractivity contribution < 1.29 is 9.84 Å². The lowest BCUT2D eigenvalue weighted by Crippen LogP contribution is -2.29. The lowest BCUT2D eigenvalue weighted by Gasteiger charge is -2.31. The highest BCUT2D eigenvalue weighted by atomic mass is 16.5. The topological polar surface area (TPSA) is 32.7 Å². The molecule has 1 aliphatic heterocycles. The number of ether oxygens (including phenoxy) is 1. The maximum atomic E-state index is 9.71. The first-order chi connectivity index (χ1) is 10.4. The van der Waals surface area contributed by atoms with Crippen LogP contribution in [0.5, 0.6) is 11.5 Å². The third kappa shape index (κ3) is 2.67. The first-order valence-corrected chi connectivity index (χ1v) is 7.39. The van der Waals surface area contributed by atoms with Crippen molar-refractivity contribution >= 4 is 11.3 Å². The van der Waals surface area contributed by atoms with E-state index in [0.29, 0.717) is 0 Å². The van der Waals surface area contributed by atoms with E-state index in [-0.39, 0.29) is 5.75 Å². The van der Waals surface area contributed by atoms with Gasteiger partial charge in [0.15, 0.2) is 0 Å². The monoisotopic (exact) mass is 295 g/mol. The number of hydrogen-bond acceptors (Lipinski definition) is 3. The molecule has 0 aromatic heterocycles. The smallest absolute Gasteiger partial charge is 0.132 e. The van der Waals surface area contributed by atoms with Crippen LogP contribution in [-0.4, -0.2) is 24.8 Å². The average molecular weight is 295 g/mol. The van der Waals surface area contributed by atoms with Crippen molar-refractivity contribution in [3.05, 3.63) is 59.7 Å². The standard InChI is InChI=1S/C19H21NO2/c1-19(2)12-17(13-5-7-14(8-6-13)20(3)4)16-10-9-15(21)11-18(16)22-19/h5-12,21H,1-4H3. The Kier molecular flexibility index (Phi) is 3.36.